The van der Waals surface area contributed by atoms with Crippen LogP contribution in [0.4, 0.5) is 8.78 Å². The summed E-state index contributed by atoms with van der Waals surface area (Å²) in [6, 6.07) is 3.39. The smallest absolute Gasteiger partial charge is 0.134 e. The van der Waals surface area contributed by atoms with Crippen LogP contribution >= 0.6 is 0 Å². The molecule has 0 amide bonds. The summed E-state index contributed by atoms with van der Waals surface area (Å²) in [5, 5.41) is 7.28. The maximum atomic E-state index is 14.0. The zero-order valence-corrected chi connectivity index (χ0v) is 9.69. The first-order chi connectivity index (χ1) is 8.65. The van der Waals surface area contributed by atoms with Gasteiger partial charge >= 0.3 is 0 Å². The largest absolute Gasteiger partial charge is 0.271 e. The summed E-state index contributed by atoms with van der Waals surface area (Å²) in [7, 11) is 0. The van der Waals surface area contributed by atoms with E-state index < -0.39 is 17.7 Å². The fourth-order valence-electron chi connectivity index (χ4n) is 1.76. The number of nitrogens with two attached hydrogens (primary N) is 1. The molecule has 1 unspecified atom stereocenters. The normalized spacial score (nSPS) is 12.4. The number of benzene rings is 1. The van der Waals surface area contributed by atoms with E-state index in [0.29, 0.717) is 11.1 Å². The lowest BCUT2D eigenvalue weighted by molar-refractivity contribution is 0.505. The van der Waals surface area contributed by atoms with E-state index in [2.05, 4.69) is 15.6 Å². The minimum absolute atomic E-state index is 0.120. The molecule has 4 nitrogen and oxygen atoms in total. The maximum Gasteiger partial charge on any atom is 0.134 e. The van der Waals surface area contributed by atoms with E-state index in [0.717, 1.165) is 0 Å². The molecular weight excluding hydrogens is 238 g/mol. The highest BCUT2D eigenvalue weighted by Gasteiger charge is 2.22. The van der Waals surface area contributed by atoms with Crippen LogP contribution in [0.25, 0.3) is 0 Å². The molecule has 0 saturated carbocycles. The van der Waals surface area contributed by atoms with Crippen LogP contribution in [-0.2, 0) is 0 Å². The Hall–Kier alpha value is -1.92. The summed E-state index contributed by atoms with van der Waals surface area (Å²) in [6.45, 7) is 1.57. The molecule has 0 aliphatic heterocycles. The van der Waals surface area contributed by atoms with Gasteiger partial charge in [0.15, 0.2) is 0 Å². The highest BCUT2D eigenvalue weighted by atomic mass is 19.1. The summed E-state index contributed by atoms with van der Waals surface area (Å²) in [4.78, 5) is 0. The molecule has 94 valence electrons. The van der Waals surface area contributed by atoms with Gasteiger partial charge in [0.2, 0.25) is 0 Å². The van der Waals surface area contributed by atoms with Gasteiger partial charge < -0.3 is 0 Å². The lowest BCUT2D eigenvalue weighted by Gasteiger charge is -2.18. The number of hydrogen-bond acceptors (Lipinski definition) is 4. The predicted molar refractivity (Wildman–Crippen MR) is 62.3 cm³/mol. The SMILES string of the molecule is Cc1ccc(F)c(C(NN)c2ccnnc2)c1F. The zero-order chi connectivity index (χ0) is 13.1. The van der Waals surface area contributed by atoms with Crippen molar-refractivity contribution in [2.24, 2.45) is 5.84 Å². The third-order valence-electron chi connectivity index (χ3n) is 2.72. The van der Waals surface area contributed by atoms with E-state index in [1.165, 1.54) is 24.5 Å². The van der Waals surface area contributed by atoms with Crippen LogP contribution in [-0.4, -0.2) is 10.2 Å². The third-order valence-corrected chi connectivity index (χ3v) is 2.72. The van der Waals surface area contributed by atoms with Gasteiger partial charge in [-0.25, -0.2) is 14.2 Å². The summed E-state index contributed by atoms with van der Waals surface area (Å²) in [5.41, 5.74) is 3.17. The Bertz CT molecular complexity index is 545. The van der Waals surface area contributed by atoms with Crippen LogP contribution in [0.3, 0.4) is 0 Å². The summed E-state index contributed by atoms with van der Waals surface area (Å²) in [6.07, 6.45) is 2.84. The first-order valence-electron chi connectivity index (χ1n) is 5.32. The quantitative estimate of drug-likeness (QED) is 0.641. The second kappa shape index (κ2) is 5.16. The number of hydrazine groups is 1. The zero-order valence-electron chi connectivity index (χ0n) is 9.69. The molecule has 0 bridgehead atoms. The fraction of sp³-hybridized carbons (Fsp3) is 0.167. The fourth-order valence-corrected chi connectivity index (χ4v) is 1.76. The standard InChI is InChI=1S/C12H12F2N4/c1-7-2-3-9(13)10(11(7)14)12(18-15)8-4-5-16-17-6-8/h2-6,12,18H,15H2,1H3. The summed E-state index contributed by atoms with van der Waals surface area (Å²) >= 11 is 0. The van der Waals surface area contributed by atoms with E-state index in [1.807, 2.05) is 0 Å². The van der Waals surface area contributed by atoms with Crippen LogP contribution in [0, 0.1) is 18.6 Å². The highest BCUT2D eigenvalue weighted by molar-refractivity contribution is 5.35. The topological polar surface area (TPSA) is 63.8 Å². The Morgan fingerprint density at radius 3 is 2.61 bits per heavy atom. The Morgan fingerprint density at radius 1 is 1.22 bits per heavy atom. The first-order valence-corrected chi connectivity index (χ1v) is 5.32. The molecule has 2 rings (SSSR count). The molecule has 1 aromatic heterocycles. The average Bonchev–Trinajstić information content (AvgIpc) is 2.40. The lowest BCUT2D eigenvalue weighted by atomic mass is 9.98. The van der Waals surface area contributed by atoms with Gasteiger partial charge in [-0.2, -0.15) is 10.2 Å². The molecule has 0 spiro atoms. The van der Waals surface area contributed by atoms with Crippen LogP contribution in [0.2, 0.25) is 0 Å². The molecule has 0 saturated heterocycles. The van der Waals surface area contributed by atoms with Gasteiger partial charge in [-0.3, -0.25) is 5.84 Å². The van der Waals surface area contributed by atoms with Gasteiger partial charge in [0, 0.05) is 11.8 Å². The van der Waals surface area contributed by atoms with Crippen molar-refractivity contribution in [1.29, 1.82) is 0 Å². The summed E-state index contributed by atoms with van der Waals surface area (Å²) in [5.74, 6) is 4.12. The van der Waals surface area contributed by atoms with Crippen LogP contribution < -0.4 is 11.3 Å². The van der Waals surface area contributed by atoms with Crippen molar-refractivity contribution in [3.63, 3.8) is 0 Å². The second-order valence-electron chi connectivity index (χ2n) is 3.87. The number of aromatic nitrogens is 2. The van der Waals surface area contributed by atoms with E-state index in [1.54, 1.807) is 13.0 Å². The lowest BCUT2D eigenvalue weighted by Crippen LogP contribution is -2.30. The number of hydrogen-bond donors (Lipinski definition) is 2. The number of halogens is 2. The Labute approximate surface area is 103 Å². The molecule has 6 heteroatoms. The van der Waals surface area contributed by atoms with Crippen molar-refractivity contribution in [3.05, 3.63) is 58.9 Å². The third kappa shape index (κ3) is 2.20. The van der Waals surface area contributed by atoms with Gasteiger partial charge in [0.05, 0.1) is 12.2 Å². The second-order valence-corrected chi connectivity index (χ2v) is 3.87. The van der Waals surface area contributed by atoms with Gasteiger partial charge in [0.25, 0.3) is 0 Å². The Kier molecular flexibility index (Phi) is 3.59. The molecule has 3 N–H and O–H groups in total. The van der Waals surface area contributed by atoms with Gasteiger partial charge in [-0.1, -0.05) is 6.07 Å². The van der Waals surface area contributed by atoms with Crippen molar-refractivity contribution in [1.82, 2.24) is 15.6 Å². The maximum absolute atomic E-state index is 14.0. The number of rotatable bonds is 3. The monoisotopic (exact) mass is 250 g/mol. The van der Waals surface area contributed by atoms with Crippen molar-refractivity contribution in [2.75, 3.05) is 0 Å². The van der Waals surface area contributed by atoms with Crippen molar-refractivity contribution in [2.45, 2.75) is 13.0 Å². The molecule has 18 heavy (non-hydrogen) atoms. The minimum Gasteiger partial charge on any atom is -0.271 e. The van der Waals surface area contributed by atoms with Crippen LogP contribution in [0.5, 0.6) is 0 Å². The van der Waals surface area contributed by atoms with Crippen LogP contribution in [0.1, 0.15) is 22.7 Å². The molecule has 2 aromatic rings. The minimum atomic E-state index is -0.805. The molecular formula is C12H12F2N4. The number of nitrogens with zero attached hydrogens (tertiary/aromatic N) is 2. The highest BCUT2D eigenvalue weighted by Crippen LogP contribution is 2.27. The van der Waals surface area contributed by atoms with Crippen molar-refractivity contribution >= 4 is 0 Å². The molecule has 1 atom stereocenters. The van der Waals surface area contributed by atoms with Gasteiger partial charge in [0.1, 0.15) is 11.6 Å². The predicted octanol–water partition coefficient (Wildman–Crippen LogP) is 1.62. The van der Waals surface area contributed by atoms with Crippen molar-refractivity contribution in [3.8, 4) is 0 Å². The van der Waals surface area contributed by atoms with E-state index in [4.69, 9.17) is 5.84 Å². The Morgan fingerprint density at radius 2 is 2.00 bits per heavy atom. The van der Waals surface area contributed by atoms with Crippen LogP contribution in [0.15, 0.2) is 30.6 Å². The molecule has 0 aliphatic rings. The average molecular weight is 250 g/mol. The van der Waals surface area contributed by atoms with Gasteiger partial charge in [-0.15, -0.1) is 0 Å². The first kappa shape index (κ1) is 12.5. The molecule has 0 radical (unpaired) electrons. The van der Waals surface area contributed by atoms with E-state index >= 15 is 0 Å². The number of aryl methyl sites for hydroxylation is 1. The van der Waals surface area contributed by atoms with E-state index in [9.17, 15) is 8.78 Å². The number of nitrogens with one attached hydrogen (secondary N) is 1. The van der Waals surface area contributed by atoms with E-state index in [-0.39, 0.29) is 5.56 Å². The summed E-state index contributed by atoms with van der Waals surface area (Å²) < 4.78 is 27.8. The van der Waals surface area contributed by atoms with Crippen molar-refractivity contribution < 1.29 is 8.78 Å². The molecule has 0 aliphatic carbocycles. The molecule has 1 heterocycles. The molecule has 1 aromatic carbocycles. The van der Waals surface area contributed by atoms with Gasteiger partial charge in [-0.05, 0) is 30.2 Å². The molecule has 0 fully saturated rings. The Balaban J connectivity index is 2.56.